The van der Waals surface area contributed by atoms with Gasteiger partial charge in [0.2, 0.25) is 0 Å². The van der Waals surface area contributed by atoms with Gasteiger partial charge in [-0.25, -0.2) is 9.97 Å². The average Bonchev–Trinajstić information content (AvgIpc) is 2.69. The smallest absolute Gasteiger partial charge is 0.271 e. The first-order chi connectivity index (χ1) is 13.1. The number of halogens is 1. The SMILES string of the molecule is Cc1ccc(CNC(=O)c2cnc(NCCc3ccc(Cl)cc3)cn2)cc1. The van der Waals surface area contributed by atoms with Gasteiger partial charge in [-0.1, -0.05) is 53.6 Å². The standard InChI is InChI=1S/C21H21ClN4O/c1-15-2-4-17(5-3-15)12-26-21(27)19-13-25-20(14-24-19)23-11-10-16-6-8-18(22)9-7-16/h2-9,13-14H,10-12H2,1H3,(H,23,25)(H,26,27). The molecule has 6 heteroatoms. The molecular weight excluding hydrogens is 360 g/mol. The van der Waals surface area contributed by atoms with E-state index in [0.717, 1.165) is 23.6 Å². The molecule has 1 amide bonds. The largest absolute Gasteiger partial charge is 0.368 e. The Morgan fingerprint density at radius 2 is 1.67 bits per heavy atom. The Kier molecular flexibility index (Phi) is 6.39. The molecule has 138 valence electrons. The summed E-state index contributed by atoms with van der Waals surface area (Å²) in [6, 6.07) is 15.8. The molecule has 0 aliphatic carbocycles. The summed E-state index contributed by atoms with van der Waals surface area (Å²) in [7, 11) is 0. The fourth-order valence-electron chi connectivity index (χ4n) is 2.50. The molecule has 1 heterocycles. The van der Waals surface area contributed by atoms with E-state index in [4.69, 9.17) is 11.6 Å². The van der Waals surface area contributed by atoms with E-state index in [2.05, 4.69) is 20.6 Å². The molecule has 0 unspecified atom stereocenters. The number of nitrogens with one attached hydrogen (secondary N) is 2. The third kappa shape index (κ3) is 5.79. The normalized spacial score (nSPS) is 10.4. The Morgan fingerprint density at radius 3 is 2.33 bits per heavy atom. The molecule has 0 bridgehead atoms. The Morgan fingerprint density at radius 1 is 0.963 bits per heavy atom. The first kappa shape index (κ1) is 18.9. The van der Waals surface area contributed by atoms with Crippen molar-refractivity contribution < 1.29 is 4.79 Å². The van der Waals surface area contributed by atoms with E-state index < -0.39 is 0 Å². The topological polar surface area (TPSA) is 66.9 Å². The van der Waals surface area contributed by atoms with E-state index in [9.17, 15) is 4.79 Å². The molecule has 0 spiro atoms. The molecule has 3 rings (SSSR count). The van der Waals surface area contributed by atoms with Crippen molar-refractivity contribution in [1.82, 2.24) is 15.3 Å². The van der Waals surface area contributed by atoms with Gasteiger partial charge in [-0.3, -0.25) is 4.79 Å². The first-order valence-electron chi connectivity index (χ1n) is 8.74. The molecule has 0 saturated carbocycles. The summed E-state index contributed by atoms with van der Waals surface area (Å²) in [6.07, 6.45) is 3.90. The van der Waals surface area contributed by atoms with Crippen LogP contribution in [0.1, 0.15) is 27.2 Å². The fourth-order valence-corrected chi connectivity index (χ4v) is 2.63. The molecule has 0 aliphatic rings. The third-order valence-corrected chi connectivity index (χ3v) is 4.34. The molecule has 1 aromatic heterocycles. The van der Waals surface area contributed by atoms with Gasteiger partial charge in [-0.2, -0.15) is 0 Å². The van der Waals surface area contributed by atoms with Crippen LogP contribution in [0, 0.1) is 6.92 Å². The van der Waals surface area contributed by atoms with Gasteiger partial charge in [-0.15, -0.1) is 0 Å². The van der Waals surface area contributed by atoms with Crippen molar-refractivity contribution in [3.8, 4) is 0 Å². The van der Waals surface area contributed by atoms with Crippen molar-refractivity contribution in [3.63, 3.8) is 0 Å². The second-order valence-electron chi connectivity index (χ2n) is 6.26. The van der Waals surface area contributed by atoms with Gasteiger partial charge in [0, 0.05) is 18.1 Å². The lowest BCUT2D eigenvalue weighted by Crippen LogP contribution is -2.24. The van der Waals surface area contributed by atoms with Gasteiger partial charge in [0.1, 0.15) is 11.5 Å². The summed E-state index contributed by atoms with van der Waals surface area (Å²) in [4.78, 5) is 20.6. The summed E-state index contributed by atoms with van der Waals surface area (Å²) in [5.74, 6) is 0.398. The van der Waals surface area contributed by atoms with Crippen molar-refractivity contribution in [1.29, 1.82) is 0 Å². The van der Waals surface area contributed by atoms with Gasteiger partial charge in [0.25, 0.3) is 5.91 Å². The summed E-state index contributed by atoms with van der Waals surface area (Å²) < 4.78 is 0. The molecular formula is C21H21ClN4O. The van der Waals surface area contributed by atoms with E-state index >= 15 is 0 Å². The molecule has 2 aromatic carbocycles. The summed E-state index contributed by atoms with van der Waals surface area (Å²) in [5.41, 5.74) is 3.72. The Hall–Kier alpha value is -2.92. The second-order valence-corrected chi connectivity index (χ2v) is 6.69. The lowest BCUT2D eigenvalue weighted by molar-refractivity contribution is 0.0945. The fraction of sp³-hybridized carbons (Fsp3) is 0.190. The molecule has 0 saturated heterocycles. The van der Waals surface area contributed by atoms with Crippen LogP contribution in [0.4, 0.5) is 5.82 Å². The van der Waals surface area contributed by atoms with Crippen LogP contribution >= 0.6 is 11.6 Å². The molecule has 0 aliphatic heterocycles. The highest BCUT2D eigenvalue weighted by molar-refractivity contribution is 6.30. The van der Waals surface area contributed by atoms with Crippen molar-refractivity contribution in [3.05, 3.63) is 88.3 Å². The van der Waals surface area contributed by atoms with E-state index in [1.165, 1.54) is 17.3 Å². The van der Waals surface area contributed by atoms with Crippen molar-refractivity contribution in [2.24, 2.45) is 0 Å². The minimum Gasteiger partial charge on any atom is -0.368 e. The second kappa shape index (κ2) is 9.14. The number of anilines is 1. The summed E-state index contributed by atoms with van der Waals surface area (Å²) >= 11 is 5.88. The Bertz CT molecular complexity index is 878. The molecule has 3 aromatic rings. The zero-order chi connectivity index (χ0) is 19.1. The third-order valence-electron chi connectivity index (χ3n) is 4.09. The number of rotatable bonds is 7. The van der Waals surface area contributed by atoms with E-state index in [-0.39, 0.29) is 5.91 Å². The number of amides is 1. The predicted molar refractivity (Wildman–Crippen MR) is 108 cm³/mol. The van der Waals surface area contributed by atoms with Gasteiger partial charge in [0.15, 0.2) is 0 Å². The number of hydrogen-bond acceptors (Lipinski definition) is 4. The van der Waals surface area contributed by atoms with Crippen LogP contribution in [0.3, 0.4) is 0 Å². The maximum absolute atomic E-state index is 12.2. The van der Waals surface area contributed by atoms with Crippen LogP contribution in [-0.2, 0) is 13.0 Å². The predicted octanol–water partition coefficient (Wildman–Crippen LogP) is 4.02. The number of aryl methyl sites for hydroxylation is 1. The maximum atomic E-state index is 12.2. The van der Waals surface area contributed by atoms with Crippen LogP contribution in [0.2, 0.25) is 5.02 Å². The van der Waals surface area contributed by atoms with Gasteiger partial charge < -0.3 is 10.6 Å². The Balaban J connectivity index is 1.46. The van der Waals surface area contributed by atoms with Crippen LogP contribution < -0.4 is 10.6 Å². The molecule has 2 N–H and O–H groups in total. The summed E-state index contributed by atoms with van der Waals surface area (Å²) in [5, 5.41) is 6.78. The number of benzene rings is 2. The minimum absolute atomic E-state index is 0.240. The van der Waals surface area contributed by atoms with E-state index in [0.29, 0.717) is 18.1 Å². The first-order valence-corrected chi connectivity index (χ1v) is 9.12. The monoisotopic (exact) mass is 380 g/mol. The average molecular weight is 381 g/mol. The number of carbonyl (C=O) groups excluding carboxylic acids is 1. The maximum Gasteiger partial charge on any atom is 0.271 e. The lowest BCUT2D eigenvalue weighted by atomic mass is 10.1. The van der Waals surface area contributed by atoms with Crippen LogP contribution in [-0.4, -0.2) is 22.4 Å². The number of hydrogen-bond donors (Lipinski definition) is 2. The van der Waals surface area contributed by atoms with Crippen molar-refractivity contribution >= 4 is 23.3 Å². The Labute approximate surface area is 163 Å². The van der Waals surface area contributed by atoms with E-state index in [1.54, 1.807) is 6.20 Å². The highest BCUT2D eigenvalue weighted by Gasteiger charge is 2.07. The lowest BCUT2D eigenvalue weighted by Gasteiger charge is -2.07. The quantitative estimate of drug-likeness (QED) is 0.649. The number of carbonyl (C=O) groups is 1. The number of nitrogens with zero attached hydrogens (tertiary/aromatic N) is 2. The summed E-state index contributed by atoms with van der Waals surface area (Å²) in [6.45, 7) is 3.21. The zero-order valence-electron chi connectivity index (χ0n) is 15.1. The molecule has 0 fully saturated rings. The molecule has 5 nitrogen and oxygen atoms in total. The van der Waals surface area contributed by atoms with Gasteiger partial charge >= 0.3 is 0 Å². The van der Waals surface area contributed by atoms with Crippen molar-refractivity contribution in [2.45, 2.75) is 19.9 Å². The van der Waals surface area contributed by atoms with Crippen LogP contribution in [0.5, 0.6) is 0 Å². The van der Waals surface area contributed by atoms with Gasteiger partial charge in [0.05, 0.1) is 12.4 Å². The highest BCUT2D eigenvalue weighted by atomic mass is 35.5. The van der Waals surface area contributed by atoms with Crippen molar-refractivity contribution in [2.75, 3.05) is 11.9 Å². The number of aromatic nitrogens is 2. The van der Waals surface area contributed by atoms with Crippen LogP contribution in [0.25, 0.3) is 0 Å². The highest BCUT2D eigenvalue weighted by Crippen LogP contribution is 2.10. The molecule has 27 heavy (non-hydrogen) atoms. The minimum atomic E-state index is -0.240. The van der Waals surface area contributed by atoms with Gasteiger partial charge in [-0.05, 0) is 36.6 Å². The van der Waals surface area contributed by atoms with Crippen LogP contribution in [0.15, 0.2) is 60.9 Å². The zero-order valence-corrected chi connectivity index (χ0v) is 15.8. The van der Waals surface area contributed by atoms with E-state index in [1.807, 2.05) is 55.5 Å². The molecule has 0 atom stereocenters. The molecule has 0 radical (unpaired) electrons.